The zero-order chi connectivity index (χ0) is 15.7. The average Bonchev–Trinajstić information content (AvgIpc) is 2.08. The monoisotopic (exact) mass is 360 g/mol. The summed E-state index contributed by atoms with van der Waals surface area (Å²) in [5.41, 5.74) is 5.72. The molecule has 1 unspecified atom stereocenters. The van der Waals surface area contributed by atoms with E-state index in [1.54, 1.807) is 0 Å². The van der Waals surface area contributed by atoms with Crippen LogP contribution in [0.2, 0.25) is 10.0 Å². The summed E-state index contributed by atoms with van der Waals surface area (Å²) in [6, 6.07) is 1.69. The van der Waals surface area contributed by atoms with Crippen LogP contribution in [-0.4, -0.2) is 34.9 Å². The number of hydrogen-bond acceptors (Lipinski definition) is 5. The number of sulfone groups is 1. The summed E-state index contributed by atoms with van der Waals surface area (Å²) in [4.78, 5) is -0.324. The summed E-state index contributed by atoms with van der Waals surface area (Å²) >= 11 is 11.7. The molecule has 0 aliphatic rings. The Bertz CT molecular complexity index is 694. The zero-order valence-electron chi connectivity index (χ0n) is 10.7. The van der Waals surface area contributed by atoms with Crippen LogP contribution in [0.4, 0.5) is 5.69 Å². The van der Waals surface area contributed by atoms with Gasteiger partial charge in [0, 0.05) is 18.0 Å². The summed E-state index contributed by atoms with van der Waals surface area (Å²) < 4.78 is 48.8. The minimum atomic E-state index is -4.04. The van der Waals surface area contributed by atoms with E-state index in [4.69, 9.17) is 28.9 Å². The first-order chi connectivity index (χ1) is 8.92. The lowest BCUT2D eigenvalue weighted by Crippen LogP contribution is -2.37. The molecule has 1 atom stereocenters. The maximum atomic E-state index is 12.2. The van der Waals surface area contributed by atoms with E-state index in [1.807, 2.05) is 0 Å². The van der Waals surface area contributed by atoms with Crippen LogP contribution >= 0.6 is 23.2 Å². The highest BCUT2D eigenvalue weighted by Gasteiger charge is 2.25. The van der Waals surface area contributed by atoms with E-state index >= 15 is 0 Å². The lowest BCUT2D eigenvalue weighted by Gasteiger charge is -2.15. The molecule has 10 heteroatoms. The number of nitrogen functional groups attached to an aromatic ring is 1. The predicted octanol–water partition coefficient (Wildman–Crippen LogP) is 1.29. The lowest BCUT2D eigenvalue weighted by molar-refractivity contribution is 0.564. The van der Waals surface area contributed by atoms with Gasteiger partial charge in [0.1, 0.15) is 14.7 Å². The summed E-state index contributed by atoms with van der Waals surface area (Å²) in [5, 5.41) is -0.261. The summed E-state index contributed by atoms with van der Waals surface area (Å²) in [7, 11) is -7.36. The van der Waals surface area contributed by atoms with Crippen molar-refractivity contribution in [1.82, 2.24) is 4.72 Å². The first kappa shape index (κ1) is 17.5. The Labute approximate surface area is 128 Å². The fourth-order valence-corrected chi connectivity index (χ4v) is 5.22. The van der Waals surface area contributed by atoms with Gasteiger partial charge in [0.25, 0.3) is 0 Å². The quantitative estimate of drug-likeness (QED) is 0.769. The average molecular weight is 361 g/mol. The first-order valence-electron chi connectivity index (χ1n) is 5.37. The Morgan fingerprint density at radius 2 is 1.65 bits per heavy atom. The van der Waals surface area contributed by atoms with E-state index in [1.165, 1.54) is 19.1 Å². The number of sulfonamides is 1. The molecule has 0 spiro atoms. The molecule has 0 aromatic heterocycles. The molecule has 20 heavy (non-hydrogen) atoms. The number of nitrogens with two attached hydrogens (primary N) is 1. The summed E-state index contributed by atoms with van der Waals surface area (Å²) in [6.07, 6.45) is 1.01. The van der Waals surface area contributed by atoms with Crippen molar-refractivity contribution in [2.45, 2.75) is 17.9 Å². The van der Waals surface area contributed by atoms with Gasteiger partial charge >= 0.3 is 0 Å². The van der Waals surface area contributed by atoms with Crippen molar-refractivity contribution in [3.63, 3.8) is 0 Å². The molecule has 114 valence electrons. The molecule has 0 radical (unpaired) electrons. The fraction of sp³-hybridized carbons (Fsp3) is 0.400. The van der Waals surface area contributed by atoms with Crippen LogP contribution in [-0.2, 0) is 19.9 Å². The van der Waals surface area contributed by atoms with Crippen molar-refractivity contribution in [1.29, 1.82) is 0 Å². The maximum absolute atomic E-state index is 12.2. The highest BCUT2D eigenvalue weighted by molar-refractivity contribution is 7.91. The second-order valence-corrected chi connectivity index (χ2v) is 9.08. The second-order valence-electron chi connectivity index (χ2n) is 4.43. The minimum Gasteiger partial charge on any atom is -0.399 e. The molecule has 1 aromatic carbocycles. The molecule has 0 saturated carbocycles. The van der Waals surface area contributed by atoms with Crippen molar-refractivity contribution < 1.29 is 16.8 Å². The van der Waals surface area contributed by atoms with Crippen LogP contribution < -0.4 is 10.5 Å². The van der Waals surface area contributed by atoms with E-state index in [-0.39, 0.29) is 26.4 Å². The minimum absolute atomic E-state index is 0.131. The van der Waals surface area contributed by atoms with Gasteiger partial charge in [-0.2, -0.15) is 0 Å². The van der Waals surface area contributed by atoms with Crippen LogP contribution in [0.1, 0.15) is 6.92 Å². The van der Waals surface area contributed by atoms with Crippen molar-refractivity contribution in [2.75, 3.05) is 17.7 Å². The molecule has 0 aliphatic carbocycles. The van der Waals surface area contributed by atoms with E-state index < -0.39 is 25.9 Å². The van der Waals surface area contributed by atoms with Crippen LogP contribution in [0.3, 0.4) is 0 Å². The molecule has 0 amide bonds. The smallest absolute Gasteiger partial charge is 0.243 e. The normalized spacial score (nSPS) is 14.2. The van der Waals surface area contributed by atoms with Crippen molar-refractivity contribution in [3.05, 3.63) is 22.2 Å². The van der Waals surface area contributed by atoms with Crippen molar-refractivity contribution in [3.8, 4) is 0 Å². The van der Waals surface area contributed by atoms with E-state index in [2.05, 4.69) is 4.72 Å². The standard InChI is InChI=1S/C10H14Cl2N2O4S2/c1-6(5-19(2,15)16)14-20(17,18)10-8(11)3-7(13)4-9(10)12/h3-4,6,14H,5,13H2,1-2H3. The molecule has 0 heterocycles. The SMILES string of the molecule is CC(CS(C)(=O)=O)NS(=O)(=O)c1c(Cl)cc(N)cc1Cl. The number of benzene rings is 1. The van der Waals surface area contributed by atoms with Gasteiger partial charge in [0.15, 0.2) is 0 Å². The predicted molar refractivity (Wildman–Crippen MR) is 80.4 cm³/mol. The molecular weight excluding hydrogens is 347 g/mol. The van der Waals surface area contributed by atoms with Gasteiger partial charge < -0.3 is 5.73 Å². The Balaban J connectivity index is 3.13. The summed E-state index contributed by atoms with van der Waals surface area (Å²) in [6.45, 7) is 1.43. The number of anilines is 1. The second kappa shape index (κ2) is 6.07. The lowest BCUT2D eigenvalue weighted by atomic mass is 10.3. The fourth-order valence-electron chi connectivity index (χ4n) is 1.65. The number of rotatable bonds is 5. The van der Waals surface area contributed by atoms with Gasteiger partial charge in [0.05, 0.1) is 15.8 Å². The topological polar surface area (TPSA) is 106 Å². The van der Waals surface area contributed by atoms with Gasteiger partial charge in [0.2, 0.25) is 10.0 Å². The molecule has 0 aliphatic heterocycles. The maximum Gasteiger partial charge on any atom is 0.243 e. The largest absolute Gasteiger partial charge is 0.399 e. The summed E-state index contributed by atoms with van der Waals surface area (Å²) in [5.74, 6) is -0.337. The first-order valence-corrected chi connectivity index (χ1v) is 9.67. The molecule has 0 fully saturated rings. The molecule has 6 nitrogen and oxygen atoms in total. The highest BCUT2D eigenvalue weighted by Crippen LogP contribution is 2.31. The Kier molecular flexibility index (Phi) is 5.31. The van der Waals surface area contributed by atoms with Crippen LogP contribution in [0.5, 0.6) is 0 Å². The third kappa shape index (κ3) is 4.78. The molecular formula is C10H14Cl2N2O4S2. The highest BCUT2D eigenvalue weighted by atomic mass is 35.5. The van der Waals surface area contributed by atoms with Gasteiger partial charge in [-0.05, 0) is 19.1 Å². The van der Waals surface area contributed by atoms with Gasteiger partial charge in [-0.25, -0.2) is 21.6 Å². The third-order valence-electron chi connectivity index (χ3n) is 2.20. The van der Waals surface area contributed by atoms with E-state index in [0.717, 1.165) is 6.26 Å². The molecule has 1 aromatic rings. The van der Waals surface area contributed by atoms with E-state index in [9.17, 15) is 16.8 Å². The van der Waals surface area contributed by atoms with Crippen LogP contribution in [0, 0.1) is 0 Å². The molecule has 0 saturated heterocycles. The third-order valence-corrected chi connectivity index (χ3v) is 5.81. The van der Waals surface area contributed by atoms with Gasteiger partial charge in [-0.15, -0.1) is 0 Å². The Hall–Kier alpha value is -0.540. The Morgan fingerprint density at radius 1 is 1.20 bits per heavy atom. The number of halogens is 2. The van der Waals surface area contributed by atoms with Crippen LogP contribution in [0.25, 0.3) is 0 Å². The molecule has 0 bridgehead atoms. The van der Waals surface area contributed by atoms with Gasteiger partial charge in [-0.3, -0.25) is 0 Å². The number of nitrogens with one attached hydrogen (secondary N) is 1. The van der Waals surface area contributed by atoms with Gasteiger partial charge in [-0.1, -0.05) is 23.2 Å². The molecule has 3 N–H and O–H groups in total. The Morgan fingerprint density at radius 3 is 2.05 bits per heavy atom. The van der Waals surface area contributed by atoms with Crippen molar-refractivity contribution >= 4 is 48.7 Å². The zero-order valence-corrected chi connectivity index (χ0v) is 13.9. The van der Waals surface area contributed by atoms with Crippen molar-refractivity contribution in [2.24, 2.45) is 0 Å². The van der Waals surface area contributed by atoms with E-state index in [0.29, 0.717) is 0 Å². The molecule has 1 rings (SSSR count). The van der Waals surface area contributed by atoms with Crippen LogP contribution in [0.15, 0.2) is 17.0 Å². The number of hydrogen-bond donors (Lipinski definition) is 2.